The number of nitrogen functional groups attached to an aromatic ring is 1. The Hall–Kier alpha value is -3.85. The van der Waals surface area contributed by atoms with Crippen LogP contribution in [0, 0.1) is 6.92 Å². The van der Waals surface area contributed by atoms with E-state index in [1.165, 1.54) is 27.4 Å². The summed E-state index contributed by atoms with van der Waals surface area (Å²) in [5.41, 5.74) is 6.87. The third-order valence-corrected chi connectivity index (χ3v) is 6.04. The van der Waals surface area contributed by atoms with Crippen LogP contribution in [-0.2, 0) is 11.3 Å². The van der Waals surface area contributed by atoms with Crippen LogP contribution in [-0.4, -0.2) is 32.2 Å². The normalized spacial score (nSPS) is 11.5. The Labute approximate surface area is 196 Å². The number of anilines is 1. The molecule has 1 aromatic heterocycles. The van der Waals surface area contributed by atoms with E-state index >= 15 is 0 Å². The number of hydrogen-bond acceptors (Lipinski definition) is 7. The molecule has 1 amide bonds. The van der Waals surface area contributed by atoms with Gasteiger partial charge in [0.25, 0.3) is 5.95 Å². The van der Waals surface area contributed by atoms with E-state index in [0.29, 0.717) is 11.7 Å². The Balaban J connectivity index is 1.32. The smallest absolute Gasteiger partial charge is 0.264 e. The van der Waals surface area contributed by atoms with Crippen LogP contribution in [0.1, 0.15) is 23.6 Å². The van der Waals surface area contributed by atoms with Gasteiger partial charge in [-0.3, -0.25) is 4.79 Å². The number of amides is 1. The van der Waals surface area contributed by atoms with Crippen molar-refractivity contribution in [1.29, 1.82) is 0 Å². The molecule has 4 aromatic rings. The van der Waals surface area contributed by atoms with E-state index in [1.54, 1.807) is 0 Å². The molecular weight excluding hydrogens is 434 g/mol. The molecule has 0 radical (unpaired) electrons. The molecule has 168 valence electrons. The standard InChI is InChI=1S/C24H25N7OS/c1-16-7-9-18(10-8-16)14-26-22(32)15-33-24-30-29-23(31(24)25)28-27-17(2)20-12-11-19-5-3-4-6-21(19)13-20/h3-13H,14-15,25H2,1-2H3,(H,26,32)(H,28,29)/b27-17+. The first-order valence-electron chi connectivity index (χ1n) is 10.4. The van der Waals surface area contributed by atoms with Crippen molar-refractivity contribution in [3.05, 3.63) is 83.4 Å². The number of hydrazone groups is 1. The maximum absolute atomic E-state index is 12.2. The summed E-state index contributed by atoms with van der Waals surface area (Å²) in [6.07, 6.45) is 0. The minimum absolute atomic E-state index is 0.108. The van der Waals surface area contributed by atoms with Gasteiger partial charge in [-0.1, -0.05) is 78.0 Å². The molecule has 0 saturated carbocycles. The molecule has 3 aromatic carbocycles. The molecule has 1 heterocycles. The number of hydrogen-bond donors (Lipinski definition) is 3. The van der Waals surface area contributed by atoms with E-state index < -0.39 is 0 Å². The van der Waals surface area contributed by atoms with Crippen LogP contribution < -0.4 is 16.6 Å². The van der Waals surface area contributed by atoms with Crippen molar-refractivity contribution in [2.45, 2.75) is 25.5 Å². The summed E-state index contributed by atoms with van der Waals surface area (Å²) in [5, 5.41) is 18.1. The lowest BCUT2D eigenvalue weighted by Gasteiger charge is -2.06. The molecular formula is C24H25N7OS. The van der Waals surface area contributed by atoms with Crippen LogP contribution in [0.3, 0.4) is 0 Å². The lowest BCUT2D eigenvalue weighted by atomic mass is 10.0. The number of aromatic nitrogens is 3. The molecule has 33 heavy (non-hydrogen) atoms. The molecule has 0 aliphatic carbocycles. The second kappa shape index (κ2) is 10.2. The second-order valence-electron chi connectivity index (χ2n) is 7.60. The Kier molecular flexibility index (Phi) is 6.89. The van der Waals surface area contributed by atoms with Gasteiger partial charge >= 0.3 is 0 Å². The van der Waals surface area contributed by atoms with Gasteiger partial charge in [0.2, 0.25) is 11.1 Å². The van der Waals surface area contributed by atoms with E-state index in [4.69, 9.17) is 5.84 Å². The number of rotatable bonds is 8. The highest BCUT2D eigenvalue weighted by molar-refractivity contribution is 7.99. The van der Waals surface area contributed by atoms with Crippen LogP contribution in [0.2, 0.25) is 0 Å². The Morgan fingerprint density at radius 2 is 1.82 bits per heavy atom. The molecule has 0 aliphatic heterocycles. The highest BCUT2D eigenvalue weighted by Crippen LogP contribution is 2.18. The van der Waals surface area contributed by atoms with Crippen molar-refractivity contribution >= 4 is 40.1 Å². The Bertz CT molecular complexity index is 1300. The number of benzene rings is 3. The first-order valence-corrected chi connectivity index (χ1v) is 11.4. The van der Waals surface area contributed by atoms with Gasteiger partial charge in [-0.05, 0) is 41.8 Å². The van der Waals surface area contributed by atoms with E-state index in [0.717, 1.165) is 22.2 Å². The third-order valence-electron chi connectivity index (χ3n) is 5.10. The molecule has 8 nitrogen and oxygen atoms in total. The van der Waals surface area contributed by atoms with Crippen molar-refractivity contribution in [3.63, 3.8) is 0 Å². The molecule has 9 heteroatoms. The highest BCUT2D eigenvalue weighted by Gasteiger charge is 2.12. The molecule has 0 atom stereocenters. The highest BCUT2D eigenvalue weighted by atomic mass is 32.2. The lowest BCUT2D eigenvalue weighted by Crippen LogP contribution is -2.25. The fraction of sp³-hybridized carbons (Fsp3) is 0.167. The topological polar surface area (TPSA) is 110 Å². The maximum Gasteiger partial charge on any atom is 0.264 e. The third kappa shape index (κ3) is 5.69. The molecule has 0 unspecified atom stereocenters. The number of thioether (sulfide) groups is 1. The van der Waals surface area contributed by atoms with E-state index in [9.17, 15) is 4.79 Å². The van der Waals surface area contributed by atoms with E-state index in [2.05, 4.69) is 50.3 Å². The van der Waals surface area contributed by atoms with Crippen LogP contribution in [0.5, 0.6) is 0 Å². The number of fused-ring (bicyclic) bond motifs is 1. The largest absolute Gasteiger partial charge is 0.351 e. The van der Waals surface area contributed by atoms with Crippen molar-refractivity contribution in [1.82, 2.24) is 20.2 Å². The summed E-state index contributed by atoms with van der Waals surface area (Å²) in [4.78, 5) is 12.2. The predicted molar refractivity (Wildman–Crippen MR) is 134 cm³/mol. The molecule has 0 aliphatic rings. The quantitative estimate of drug-likeness (QED) is 0.160. The Morgan fingerprint density at radius 3 is 2.61 bits per heavy atom. The van der Waals surface area contributed by atoms with Gasteiger partial charge in [0.15, 0.2) is 0 Å². The number of aryl methyl sites for hydroxylation is 1. The van der Waals surface area contributed by atoms with Gasteiger partial charge < -0.3 is 11.2 Å². The summed E-state index contributed by atoms with van der Waals surface area (Å²) >= 11 is 1.21. The van der Waals surface area contributed by atoms with Gasteiger partial charge in [-0.25, -0.2) is 10.1 Å². The van der Waals surface area contributed by atoms with Gasteiger partial charge in [0.05, 0.1) is 11.5 Å². The number of carbonyl (C=O) groups is 1. The minimum atomic E-state index is -0.108. The zero-order valence-corrected chi connectivity index (χ0v) is 19.3. The van der Waals surface area contributed by atoms with Crippen LogP contribution >= 0.6 is 11.8 Å². The van der Waals surface area contributed by atoms with Crippen LogP contribution in [0.15, 0.2) is 77.0 Å². The number of nitrogens with zero attached hydrogens (tertiary/aromatic N) is 4. The molecule has 0 spiro atoms. The average molecular weight is 460 g/mol. The molecule has 0 saturated heterocycles. The predicted octanol–water partition coefficient (Wildman–Crippen LogP) is 3.70. The van der Waals surface area contributed by atoms with Crippen molar-refractivity contribution in [3.8, 4) is 0 Å². The summed E-state index contributed by atoms with van der Waals surface area (Å²) in [6, 6.07) is 22.4. The number of carbonyl (C=O) groups excluding carboxylic acids is 1. The first kappa shape index (κ1) is 22.3. The summed E-state index contributed by atoms with van der Waals surface area (Å²) in [7, 11) is 0. The molecule has 4 N–H and O–H groups in total. The average Bonchev–Trinajstić information content (AvgIpc) is 3.19. The van der Waals surface area contributed by atoms with Crippen LogP contribution in [0.25, 0.3) is 10.8 Å². The van der Waals surface area contributed by atoms with Crippen molar-refractivity contribution < 1.29 is 4.79 Å². The zero-order chi connectivity index (χ0) is 23.2. The molecule has 0 fully saturated rings. The summed E-state index contributed by atoms with van der Waals surface area (Å²) in [6.45, 7) is 4.41. The number of nitrogens with one attached hydrogen (secondary N) is 2. The van der Waals surface area contributed by atoms with Crippen molar-refractivity contribution in [2.24, 2.45) is 5.10 Å². The maximum atomic E-state index is 12.2. The van der Waals surface area contributed by atoms with Gasteiger partial charge in [-0.15, -0.1) is 10.2 Å². The summed E-state index contributed by atoms with van der Waals surface area (Å²) in [5.74, 6) is 6.44. The Morgan fingerprint density at radius 1 is 1.06 bits per heavy atom. The number of nitrogens with two attached hydrogens (primary N) is 1. The molecule has 0 bridgehead atoms. The fourth-order valence-corrected chi connectivity index (χ4v) is 3.84. The van der Waals surface area contributed by atoms with Gasteiger partial charge in [0, 0.05) is 6.54 Å². The fourth-order valence-electron chi connectivity index (χ4n) is 3.15. The molecule has 4 rings (SSSR count). The second-order valence-corrected chi connectivity index (χ2v) is 8.54. The SMILES string of the molecule is C/C(=N\Nc1nnc(SCC(=O)NCc2ccc(C)cc2)n1N)c1ccc2ccccc2c1. The van der Waals surface area contributed by atoms with Gasteiger partial charge in [-0.2, -0.15) is 5.10 Å². The summed E-state index contributed by atoms with van der Waals surface area (Å²) < 4.78 is 1.29. The first-order chi connectivity index (χ1) is 16.0. The zero-order valence-electron chi connectivity index (χ0n) is 18.4. The van der Waals surface area contributed by atoms with Gasteiger partial charge in [0.1, 0.15) is 0 Å². The lowest BCUT2D eigenvalue weighted by molar-refractivity contribution is -0.118. The van der Waals surface area contributed by atoms with E-state index in [-0.39, 0.29) is 17.6 Å². The van der Waals surface area contributed by atoms with Crippen molar-refractivity contribution in [2.75, 3.05) is 17.0 Å². The monoisotopic (exact) mass is 459 g/mol. The minimum Gasteiger partial charge on any atom is -0.351 e. The van der Waals surface area contributed by atoms with Crippen LogP contribution in [0.4, 0.5) is 5.95 Å². The van der Waals surface area contributed by atoms with E-state index in [1.807, 2.05) is 56.3 Å².